The van der Waals surface area contributed by atoms with Gasteiger partial charge in [0.25, 0.3) is 0 Å². The summed E-state index contributed by atoms with van der Waals surface area (Å²) in [6.45, 7) is 6.69. The van der Waals surface area contributed by atoms with Crippen LogP contribution < -0.4 is 11.0 Å². The van der Waals surface area contributed by atoms with Crippen molar-refractivity contribution in [2.75, 3.05) is 0 Å². The van der Waals surface area contributed by atoms with Crippen molar-refractivity contribution >= 4 is 16.9 Å². The van der Waals surface area contributed by atoms with Crippen molar-refractivity contribution < 1.29 is 4.79 Å². The highest BCUT2D eigenvalue weighted by atomic mass is 16.2. The Morgan fingerprint density at radius 3 is 2.31 bits per heavy atom. The Hall–Kier alpha value is -2.82. The van der Waals surface area contributed by atoms with Gasteiger partial charge in [-0.15, -0.1) is 0 Å². The normalized spacial score (nSPS) is 12.3. The molecule has 0 aliphatic heterocycles. The molecule has 0 bridgehead atoms. The molecular formula is C21H25N3O2. The molecule has 5 heteroatoms. The van der Waals surface area contributed by atoms with Crippen LogP contribution in [-0.4, -0.2) is 15.0 Å². The van der Waals surface area contributed by atoms with Gasteiger partial charge >= 0.3 is 5.69 Å². The average Bonchev–Trinajstić information content (AvgIpc) is 2.88. The van der Waals surface area contributed by atoms with Gasteiger partial charge in [-0.2, -0.15) is 0 Å². The number of nitrogens with zero attached hydrogens (tertiary/aromatic N) is 2. The third-order valence-electron chi connectivity index (χ3n) is 4.71. The Morgan fingerprint density at radius 2 is 1.65 bits per heavy atom. The van der Waals surface area contributed by atoms with Crippen molar-refractivity contribution in [3.8, 4) is 0 Å². The second-order valence-electron chi connectivity index (χ2n) is 6.65. The monoisotopic (exact) mass is 351 g/mol. The highest BCUT2D eigenvalue weighted by molar-refractivity contribution is 5.81. The average molecular weight is 351 g/mol. The van der Waals surface area contributed by atoms with Crippen molar-refractivity contribution in [2.24, 2.45) is 0 Å². The van der Waals surface area contributed by atoms with E-state index in [1.54, 1.807) is 9.13 Å². The first-order valence-corrected chi connectivity index (χ1v) is 9.06. The van der Waals surface area contributed by atoms with Gasteiger partial charge in [-0.1, -0.05) is 43.3 Å². The van der Waals surface area contributed by atoms with E-state index in [4.69, 9.17) is 0 Å². The van der Waals surface area contributed by atoms with Gasteiger partial charge in [-0.05, 0) is 43.5 Å². The summed E-state index contributed by atoms with van der Waals surface area (Å²) in [5, 5.41) is 3.01. The van der Waals surface area contributed by atoms with Crippen molar-refractivity contribution in [2.45, 2.75) is 46.3 Å². The molecule has 3 aromatic rings. The molecule has 1 unspecified atom stereocenters. The maximum absolute atomic E-state index is 12.8. The molecule has 0 saturated carbocycles. The number of benzene rings is 2. The predicted molar refractivity (Wildman–Crippen MR) is 104 cm³/mol. The lowest BCUT2D eigenvalue weighted by Crippen LogP contribution is -2.34. The second-order valence-corrected chi connectivity index (χ2v) is 6.65. The van der Waals surface area contributed by atoms with Crippen molar-refractivity contribution in [3.63, 3.8) is 0 Å². The highest BCUT2D eigenvalue weighted by Crippen LogP contribution is 2.17. The number of rotatable bonds is 6. The number of carbonyl (C=O) groups is 1. The summed E-state index contributed by atoms with van der Waals surface area (Å²) in [6.07, 6.45) is 0.866. The zero-order chi connectivity index (χ0) is 18.7. The van der Waals surface area contributed by atoms with E-state index in [0.717, 1.165) is 28.6 Å². The highest BCUT2D eigenvalue weighted by Gasteiger charge is 2.17. The molecule has 0 spiro atoms. The molecule has 5 nitrogen and oxygen atoms in total. The fourth-order valence-corrected chi connectivity index (χ4v) is 3.45. The summed E-state index contributed by atoms with van der Waals surface area (Å²) >= 11 is 0. The van der Waals surface area contributed by atoms with Crippen LogP contribution in [0.3, 0.4) is 0 Å². The molecule has 0 fully saturated rings. The molecule has 0 saturated heterocycles. The molecule has 0 aliphatic carbocycles. The van der Waals surface area contributed by atoms with E-state index in [9.17, 15) is 9.59 Å². The molecule has 3 rings (SSSR count). The maximum Gasteiger partial charge on any atom is 0.329 e. The third kappa shape index (κ3) is 3.43. The summed E-state index contributed by atoms with van der Waals surface area (Å²) in [5.74, 6) is -0.165. The topological polar surface area (TPSA) is 56.0 Å². The zero-order valence-corrected chi connectivity index (χ0v) is 15.5. The number of para-hydroxylation sites is 2. The van der Waals surface area contributed by atoms with Crippen molar-refractivity contribution in [3.05, 3.63) is 70.1 Å². The van der Waals surface area contributed by atoms with Gasteiger partial charge in [0.1, 0.15) is 6.54 Å². The lowest BCUT2D eigenvalue weighted by Gasteiger charge is -2.16. The first kappa shape index (κ1) is 18.0. The summed E-state index contributed by atoms with van der Waals surface area (Å²) < 4.78 is 3.30. The lowest BCUT2D eigenvalue weighted by atomic mass is 10.0. The van der Waals surface area contributed by atoms with Crippen LogP contribution in [-0.2, 0) is 17.9 Å². The first-order chi connectivity index (χ1) is 12.5. The lowest BCUT2D eigenvalue weighted by molar-refractivity contribution is -0.122. The van der Waals surface area contributed by atoms with Crippen LogP contribution in [0.25, 0.3) is 11.0 Å². The van der Waals surface area contributed by atoms with Crippen LogP contribution in [0.15, 0.2) is 53.3 Å². The molecule has 136 valence electrons. The van der Waals surface area contributed by atoms with Crippen molar-refractivity contribution in [1.29, 1.82) is 0 Å². The van der Waals surface area contributed by atoms with E-state index in [1.165, 1.54) is 0 Å². The standard InChI is InChI=1S/C21H25N3O2/c1-4-13-23-18-11-7-8-12-19(18)24(21(23)26)14-20(25)22-16(3)17-10-6-5-9-15(17)2/h5-12,16H,4,13-14H2,1-3H3,(H,22,25). The van der Waals surface area contributed by atoms with E-state index in [2.05, 4.69) is 5.32 Å². The van der Waals surface area contributed by atoms with Gasteiger partial charge in [0.2, 0.25) is 5.91 Å². The van der Waals surface area contributed by atoms with Gasteiger partial charge in [0.15, 0.2) is 0 Å². The van der Waals surface area contributed by atoms with Crippen LogP contribution in [0.4, 0.5) is 0 Å². The van der Waals surface area contributed by atoms with Crippen LogP contribution >= 0.6 is 0 Å². The second kappa shape index (κ2) is 7.60. The van der Waals surface area contributed by atoms with E-state index in [1.807, 2.05) is 69.3 Å². The number of aryl methyl sites for hydroxylation is 2. The number of aromatic nitrogens is 2. The summed E-state index contributed by atoms with van der Waals surface area (Å²) in [4.78, 5) is 25.4. The molecule has 1 amide bonds. The minimum atomic E-state index is -0.165. The third-order valence-corrected chi connectivity index (χ3v) is 4.71. The van der Waals surface area contributed by atoms with Gasteiger partial charge in [-0.3, -0.25) is 13.9 Å². The first-order valence-electron chi connectivity index (χ1n) is 9.06. The smallest absolute Gasteiger partial charge is 0.329 e. The Labute approximate surface area is 153 Å². The Balaban J connectivity index is 1.85. The molecule has 26 heavy (non-hydrogen) atoms. The van der Waals surface area contributed by atoms with Gasteiger partial charge < -0.3 is 5.32 Å². The largest absolute Gasteiger partial charge is 0.348 e. The van der Waals surface area contributed by atoms with Crippen LogP contribution in [0.2, 0.25) is 0 Å². The molecular weight excluding hydrogens is 326 g/mol. The molecule has 0 radical (unpaired) electrons. The summed E-state index contributed by atoms with van der Waals surface area (Å²) in [6, 6.07) is 15.5. The Kier molecular flexibility index (Phi) is 5.26. The van der Waals surface area contributed by atoms with Crippen LogP contribution in [0.1, 0.15) is 37.4 Å². The SMILES string of the molecule is CCCn1c(=O)n(CC(=O)NC(C)c2ccccc2C)c2ccccc21. The van der Waals surface area contributed by atoms with Gasteiger partial charge in [0.05, 0.1) is 17.1 Å². The molecule has 1 atom stereocenters. The van der Waals surface area contributed by atoms with Gasteiger partial charge in [-0.25, -0.2) is 4.79 Å². The molecule has 1 aromatic heterocycles. The van der Waals surface area contributed by atoms with Crippen molar-refractivity contribution in [1.82, 2.24) is 14.5 Å². The quantitative estimate of drug-likeness (QED) is 0.740. The van der Waals surface area contributed by atoms with Crippen LogP contribution in [0.5, 0.6) is 0 Å². The number of hydrogen-bond donors (Lipinski definition) is 1. The van der Waals surface area contributed by atoms with E-state index >= 15 is 0 Å². The van der Waals surface area contributed by atoms with E-state index < -0.39 is 0 Å². The molecule has 2 aromatic carbocycles. The Bertz CT molecular complexity index is 984. The molecule has 1 heterocycles. The molecule has 1 N–H and O–H groups in total. The summed E-state index contributed by atoms with van der Waals surface area (Å²) in [5.41, 5.74) is 3.76. The number of imidazole rings is 1. The number of fused-ring (bicyclic) bond motifs is 1. The Morgan fingerprint density at radius 1 is 1.04 bits per heavy atom. The zero-order valence-electron chi connectivity index (χ0n) is 15.5. The number of amides is 1. The van der Waals surface area contributed by atoms with Gasteiger partial charge in [0, 0.05) is 6.54 Å². The predicted octanol–water partition coefficient (Wildman–Crippen LogP) is 3.40. The van der Waals surface area contributed by atoms with Crippen LogP contribution in [0, 0.1) is 6.92 Å². The number of carbonyl (C=O) groups excluding carboxylic acids is 1. The fourth-order valence-electron chi connectivity index (χ4n) is 3.45. The molecule has 0 aliphatic rings. The summed E-state index contributed by atoms with van der Waals surface area (Å²) in [7, 11) is 0. The number of nitrogens with one attached hydrogen (secondary N) is 1. The minimum absolute atomic E-state index is 0.0201. The number of hydrogen-bond acceptors (Lipinski definition) is 2. The fraction of sp³-hybridized carbons (Fsp3) is 0.333. The maximum atomic E-state index is 12.8. The van der Waals surface area contributed by atoms with E-state index in [-0.39, 0.29) is 24.2 Å². The minimum Gasteiger partial charge on any atom is -0.348 e. The van der Waals surface area contributed by atoms with E-state index in [0.29, 0.717) is 6.54 Å².